The Labute approximate surface area is 112 Å². The van der Waals surface area contributed by atoms with Gasteiger partial charge in [-0.25, -0.2) is 13.8 Å². The molecule has 2 heterocycles. The van der Waals surface area contributed by atoms with Crippen molar-refractivity contribution in [2.24, 2.45) is 0 Å². The second-order valence-corrected chi connectivity index (χ2v) is 4.57. The monoisotopic (exact) mass is 275 g/mol. The summed E-state index contributed by atoms with van der Waals surface area (Å²) in [6.07, 6.45) is 3.01. The number of pyridine rings is 1. The average Bonchev–Trinajstić information content (AvgIpc) is 2.86. The van der Waals surface area contributed by atoms with Crippen LogP contribution in [0.3, 0.4) is 0 Å². The van der Waals surface area contributed by atoms with Crippen LogP contribution < -0.4 is 5.56 Å². The summed E-state index contributed by atoms with van der Waals surface area (Å²) < 4.78 is 27.9. The number of hydrogen-bond donors (Lipinski definition) is 1. The number of H-pyrrole nitrogens is 1. The molecule has 0 saturated carbocycles. The van der Waals surface area contributed by atoms with Crippen molar-refractivity contribution in [1.29, 1.82) is 0 Å². The number of halogens is 2. The Hall–Kier alpha value is -2.50. The number of benzene rings is 1. The minimum atomic E-state index is -0.666. The molecule has 1 aromatic carbocycles. The van der Waals surface area contributed by atoms with Gasteiger partial charge in [-0.3, -0.25) is 4.79 Å². The molecule has 0 spiro atoms. The minimum absolute atomic E-state index is 0.302. The molecule has 6 heteroatoms. The van der Waals surface area contributed by atoms with Crippen molar-refractivity contribution in [2.75, 3.05) is 0 Å². The Morgan fingerprint density at radius 1 is 1.25 bits per heavy atom. The molecular weight excluding hydrogens is 264 g/mol. The molecule has 2 aromatic heterocycles. The van der Waals surface area contributed by atoms with Crippen molar-refractivity contribution in [3.8, 4) is 0 Å². The van der Waals surface area contributed by atoms with E-state index in [-0.39, 0.29) is 5.56 Å². The Morgan fingerprint density at radius 3 is 2.65 bits per heavy atom. The summed E-state index contributed by atoms with van der Waals surface area (Å²) in [5, 5.41) is 0. The van der Waals surface area contributed by atoms with Gasteiger partial charge in [-0.1, -0.05) is 0 Å². The van der Waals surface area contributed by atoms with Crippen LogP contribution in [0, 0.1) is 11.6 Å². The Bertz CT molecular complexity index is 818. The molecule has 3 aromatic rings. The first-order valence-corrected chi connectivity index (χ1v) is 6.06. The van der Waals surface area contributed by atoms with Crippen molar-refractivity contribution in [3.63, 3.8) is 0 Å². The van der Waals surface area contributed by atoms with E-state index in [1.54, 1.807) is 19.2 Å². The van der Waals surface area contributed by atoms with Gasteiger partial charge >= 0.3 is 0 Å². The van der Waals surface area contributed by atoms with Crippen LogP contribution in [-0.2, 0) is 0 Å². The van der Waals surface area contributed by atoms with Crippen molar-refractivity contribution >= 4 is 11.0 Å². The van der Waals surface area contributed by atoms with Gasteiger partial charge in [-0.2, -0.15) is 0 Å². The number of aromatic amines is 1. The number of imidazole rings is 1. The molecule has 4 nitrogen and oxygen atoms in total. The first-order chi connectivity index (χ1) is 9.56. The van der Waals surface area contributed by atoms with E-state index in [1.165, 1.54) is 23.0 Å². The summed E-state index contributed by atoms with van der Waals surface area (Å²) in [6, 6.07) is 4.45. The molecule has 0 aliphatic rings. The number of nitrogens with zero attached hydrogens (tertiary/aromatic N) is 2. The van der Waals surface area contributed by atoms with Gasteiger partial charge in [-0.15, -0.1) is 0 Å². The molecule has 3 rings (SSSR count). The van der Waals surface area contributed by atoms with Crippen LogP contribution in [0.15, 0.2) is 41.6 Å². The van der Waals surface area contributed by atoms with Crippen LogP contribution in [0.1, 0.15) is 18.5 Å². The zero-order valence-corrected chi connectivity index (χ0v) is 10.6. The van der Waals surface area contributed by atoms with Gasteiger partial charge in [0.15, 0.2) is 5.52 Å². The molecule has 20 heavy (non-hydrogen) atoms. The Balaban J connectivity index is 2.14. The second kappa shape index (κ2) is 4.56. The fourth-order valence-electron chi connectivity index (χ4n) is 2.23. The highest BCUT2D eigenvalue weighted by Crippen LogP contribution is 2.19. The summed E-state index contributed by atoms with van der Waals surface area (Å²) in [4.78, 5) is 19.1. The van der Waals surface area contributed by atoms with Crippen LogP contribution in [-0.4, -0.2) is 14.5 Å². The summed E-state index contributed by atoms with van der Waals surface area (Å²) in [7, 11) is 0. The molecule has 0 aliphatic heterocycles. The van der Waals surface area contributed by atoms with E-state index in [0.29, 0.717) is 16.6 Å². The standard InChI is InChI=1S/C14H11F2N3O/c1-8(9-4-10(15)6-11(16)5-9)19-3-2-12-13(14(19)20)18-7-17-12/h2-8H,1H3,(H,17,18). The smallest absolute Gasteiger partial charge is 0.279 e. The number of hydrogen-bond acceptors (Lipinski definition) is 2. The molecule has 0 amide bonds. The van der Waals surface area contributed by atoms with Crippen molar-refractivity contribution < 1.29 is 8.78 Å². The first kappa shape index (κ1) is 12.5. The molecule has 0 bridgehead atoms. The second-order valence-electron chi connectivity index (χ2n) is 4.57. The van der Waals surface area contributed by atoms with Crippen molar-refractivity contribution in [2.45, 2.75) is 13.0 Å². The number of aromatic nitrogens is 3. The molecule has 0 radical (unpaired) electrons. The fourth-order valence-corrected chi connectivity index (χ4v) is 2.23. The van der Waals surface area contributed by atoms with E-state index in [2.05, 4.69) is 9.97 Å². The van der Waals surface area contributed by atoms with Gasteiger partial charge in [0.05, 0.1) is 17.9 Å². The lowest BCUT2D eigenvalue weighted by molar-refractivity contribution is 0.560. The largest absolute Gasteiger partial charge is 0.344 e. The van der Waals surface area contributed by atoms with Gasteiger partial charge in [0.25, 0.3) is 5.56 Å². The normalized spacial score (nSPS) is 12.8. The van der Waals surface area contributed by atoms with E-state index in [1.807, 2.05) is 0 Å². The van der Waals surface area contributed by atoms with Gasteiger partial charge in [0.2, 0.25) is 0 Å². The predicted octanol–water partition coefficient (Wildman–Crippen LogP) is 2.61. The lowest BCUT2D eigenvalue weighted by Gasteiger charge is -2.15. The van der Waals surface area contributed by atoms with Crippen LogP contribution in [0.2, 0.25) is 0 Å². The van der Waals surface area contributed by atoms with Crippen LogP contribution in [0.25, 0.3) is 11.0 Å². The Kier molecular flexibility index (Phi) is 2.85. The maximum atomic E-state index is 13.3. The zero-order chi connectivity index (χ0) is 14.3. The van der Waals surface area contributed by atoms with Crippen LogP contribution in [0.5, 0.6) is 0 Å². The maximum absolute atomic E-state index is 13.3. The summed E-state index contributed by atoms with van der Waals surface area (Å²) in [5.74, 6) is -1.33. The van der Waals surface area contributed by atoms with E-state index in [4.69, 9.17) is 0 Å². The van der Waals surface area contributed by atoms with Crippen molar-refractivity contribution in [3.05, 3.63) is 64.3 Å². The number of rotatable bonds is 2. The molecule has 0 fully saturated rings. The van der Waals surface area contributed by atoms with Crippen LogP contribution in [0.4, 0.5) is 8.78 Å². The highest BCUT2D eigenvalue weighted by Gasteiger charge is 2.14. The number of fused-ring (bicyclic) bond motifs is 1. The molecular formula is C14H11F2N3O. The third-order valence-corrected chi connectivity index (χ3v) is 3.29. The third kappa shape index (κ3) is 1.99. The first-order valence-electron chi connectivity index (χ1n) is 6.06. The van der Waals surface area contributed by atoms with E-state index in [9.17, 15) is 13.6 Å². The summed E-state index contributed by atoms with van der Waals surface area (Å²) in [6.45, 7) is 1.70. The van der Waals surface area contributed by atoms with Crippen LogP contribution >= 0.6 is 0 Å². The summed E-state index contributed by atoms with van der Waals surface area (Å²) in [5.41, 5.74) is 1.01. The zero-order valence-electron chi connectivity index (χ0n) is 10.6. The third-order valence-electron chi connectivity index (χ3n) is 3.29. The highest BCUT2D eigenvalue weighted by atomic mass is 19.1. The number of nitrogens with one attached hydrogen (secondary N) is 1. The van der Waals surface area contributed by atoms with Crippen molar-refractivity contribution in [1.82, 2.24) is 14.5 Å². The van der Waals surface area contributed by atoms with E-state index < -0.39 is 17.7 Å². The lowest BCUT2D eigenvalue weighted by atomic mass is 10.1. The summed E-state index contributed by atoms with van der Waals surface area (Å²) >= 11 is 0. The molecule has 1 atom stereocenters. The lowest BCUT2D eigenvalue weighted by Crippen LogP contribution is -2.23. The highest BCUT2D eigenvalue weighted by molar-refractivity contribution is 5.72. The maximum Gasteiger partial charge on any atom is 0.279 e. The fraction of sp³-hybridized carbons (Fsp3) is 0.143. The predicted molar refractivity (Wildman–Crippen MR) is 70.5 cm³/mol. The quantitative estimate of drug-likeness (QED) is 0.781. The molecule has 0 aliphatic carbocycles. The van der Waals surface area contributed by atoms with Gasteiger partial charge in [0, 0.05) is 12.3 Å². The van der Waals surface area contributed by atoms with Gasteiger partial charge in [-0.05, 0) is 30.7 Å². The topological polar surface area (TPSA) is 50.7 Å². The molecule has 1 unspecified atom stereocenters. The van der Waals surface area contributed by atoms with E-state index >= 15 is 0 Å². The molecule has 1 N–H and O–H groups in total. The van der Waals surface area contributed by atoms with Gasteiger partial charge in [0.1, 0.15) is 11.6 Å². The average molecular weight is 275 g/mol. The Morgan fingerprint density at radius 2 is 1.95 bits per heavy atom. The molecule has 102 valence electrons. The SMILES string of the molecule is CC(c1cc(F)cc(F)c1)n1ccc2[nH]cnc2c1=O. The minimum Gasteiger partial charge on any atom is -0.344 e. The van der Waals surface area contributed by atoms with E-state index in [0.717, 1.165) is 6.07 Å². The van der Waals surface area contributed by atoms with Gasteiger partial charge < -0.3 is 9.55 Å². The molecule has 0 saturated heterocycles.